The van der Waals surface area contributed by atoms with Crippen molar-refractivity contribution in [1.29, 1.82) is 0 Å². The number of hydrogen-bond acceptors (Lipinski definition) is 2. The second kappa shape index (κ2) is 5.55. The van der Waals surface area contributed by atoms with Crippen LogP contribution in [0.25, 0.3) is 0 Å². The molecule has 0 fully saturated rings. The lowest BCUT2D eigenvalue weighted by molar-refractivity contribution is 0.0215. The van der Waals surface area contributed by atoms with Crippen LogP contribution in [0.5, 0.6) is 0 Å². The standard InChI is InChI=1S/C10H23NO/c1-7(2)9(5)12-6-10(11)8(3)4/h7-10H,6,11H2,1-5H3. The van der Waals surface area contributed by atoms with Crippen LogP contribution < -0.4 is 5.73 Å². The van der Waals surface area contributed by atoms with Crippen molar-refractivity contribution in [2.24, 2.45) is 17.6 Å². The lowest BCUT2D eigenvalue weighted by atomic mass is 10.1. The van der Waals surface area contributed by atoms with E-state index in [-0.39, 0.29) is 6.04 Å². The second-order valence-corrected chi connectivity index (χ2v) is 4.19. The lowest BCUT2D eigenvalue weighted by Crippen LogP contribution is -2.34. The van der Waals surface area contributed by atoms with Gasteiger partial charge in [-0.3, -0.25) is 0 Å². The van der Waals surface area contributed by atoms with Crippen LogP contribution in [0.2, 0.25) is 0 Å². The molecule has 0 aromatic heterocycles. The van der Waals surface area contributed by atoms with E-state index in [9.17, 15) is 0 Å². The van der Waals surface area contributed by atoms with Gasteiger partial charge in [0.1, 0.15) is 0 Å². The highest BCUT2D eigenvalue weighted by molar-refractivity contribution is 4.65. The summed E-state index contributed by atoms with van der Waals surface area (Å²) < 4.78 is 5.60. The molecule has 2 heteroatoms. The first kappa shape index (κ1) is 11.9. The Bertz CT molecular complexity index is 98.4. The van der Waals surface area contributed by atoms with E-state index < -0.39 is 0 Å². The molecule has 0 saturated carbocycles. The van der Waals surface area contributed by atoms with Gasteiger partial charge in [-0.1, -0.05) is 27.7 Å². The van der Waals surface area contributed by atoms with Crippen molar-refractivity contribution in [3.8, 4) is 0 Å². The van der Waals surface area contributed by atoms with Crippen molar-refractivity contribution in [2.75, 3.05) is 6.61 Å². The van der Waals surface area contributed by atoms with Crippen LogP contribution in [0.1, 0.15) is 34.6 Å². The molecular weight excluding hydrogens is 150 g/mol. The van der Waals surface area contributed by atoms with Crippen LogP contribution >= 0.6 is 0 Å². The van der Waals surface area contributed by atoms with Gasteiger partial charge >= 0.3 is 0 Å². The fourth-order valence-electron chi connectivity index (χ4n) is 0.648. The summed E-state index contributed by atoms with van der Waals surface area (Å²) in [5, 5.41) is 0. The van der Waals surface area contributed by atoms with Gasteiger partial charge in [-0.05, 0) is 18.8 Å². The van der Waals surface area contributed by atoms with E-state index in [1.54, 1.807) is 0 Å². The maximum atomic E-state index is 5.84. The Balaban J connectivity index is 3.54. The molecule has 0 aliphatic carbocycles. The molecule has 0 bridgehead atoms. The summed E-state index contributed by atoms with van der Waals surface area (Å²) in [4.78, 5) is 0. The fraction of sp³-hybridized carbons (Fsp3) is 1.00. The smallest absolute Gasteiger partial charge is 0.0623 e. The summed E-state index contributed by atoms with van der Waals surface area (Å²) in [6, 6.07) is 0.172. The minimum absolute atomic E-state index is 0.172. The third-order valence-corrected chi connectivity index (χ3v) is 2.35. The van der Waals surface area contributed by atoms with Gasteiger partial charge in [0.15, 0.2) is 0 Å². The molecule has 2 atom stereocenters. The first-order chi connectivity index (χ1) is 5.45. The first-order valence-electron chi connectivity index (χ1n) is 4.82. The summed E-state index contributed by atoms with van der Waals surface area (Å²) in [5.74, 6) is 1.08. The molecule has 0 aromatic carbocycles. The van der Waals surface area contributed by atoms with E-state index in [1.807, 2.05) is 0 Å². The van der Waals surface area contributed by atoms with Gasteiger partial charge in [-0.2, -0.15) is 0 Å². The molecule has 74 valence electrons. The average molecular weight is 173 g/mol. The van der Waals surface area contributed by atoms with Crippen molar-refractivity contribution in [3.63, 3.8) is 0 Å². The zero-order valence-electron chi connectivity index (χ0n) is 9.00. The first-order valence-corrected chi connectivity index (χ1v) is 4.82. The molecule has 0 heterocycles. The SMILES string of the molecule is CC(C)C(N)COC(C)C(C)C. The molecule has 2 unspecified atom stereocenters. The molecular formula is C10H23NO. The van der Waals surface area contributed by atoms with E-state index in [0.29, 0.717) is 24.5 Å². The second-order valence-electron chi connectivity index (χ2n) is 4.19. The minimum Gasteiger partial charge on any atom is -0.377 e. The van der Waals surface area contributed by atoms with Gasteiger partial charge in [-0.25, -0.2) is 0 Å². The van der Waals surface area contributed by atoms with Gasteiger partial charge in [0.25, 0.3) is 0 Å². The van der Waals surface area contributed by atoms with Crippen LogP contribution in [0, 0.1) is 11.8 Å². The Morgan fingerprint density at radius 3 is 1.83 bits per heavy atom. The largest absolute Gasteiger partial charge is 0.377 e. The van der Waals surface area contributed by atoms with Gasteiger partial charge < -0.3 is 10.5 Å². The molecule has 0 saturated heterocycles. The molecule has 0 rings (SSSR count). The number of rotatable bonds is 5. The molecule has 12 heavy (non-hydrogen) atoms. The van der Waals surface area contributed by atoms with Crippen LogP contribution in [-0.4, -0.2) is 18.8 Å². The Morgan fingerprint density at radius 1 is 1.00 bits per heavy atom. The van der Waals surface area contributed by atoms with Crippen LogP contribution in [0.15, 0.2) is 0 Å². The Morgan fingerprint density at radius 2 is 1.50 bits per heavy atom. The summed E-state index contributed by atoms with van der Waals surface area (Å²) >= 11 is 0. The topological polar surface area (TPSA) is 35.2 Å². The number of ether oxygens (including phenoxy) is 1. The molecule has 0 spiro atoms. The van der Waals surface area contributed by atoms with Crippen molar-refractivity contribution in [3.05, 3.63) is 0 Å². The summed E-state index contributed by atoms with van der Waals surface area (Å²) in [6.45, 7) is 11.3. The monoisotopic (exact) mass is 173 g/mol. The summed E-state index contributed by atoms with van der Waals surface area (Å²) in [7, 11) is 0. The molecule has 0 amide bonds. The third-order valence-electron chi connectivity index (χ3n) is 2.35. The highest BCUT2D eigenvalue weighted by Crippen LogP contribution is 2.07. The van der Waals surface area contributed by atoms with Crippen molar-refractivity contribution < 1.29 is 4.74 Å². The van der Waals surface area contributed by atoms with Crippen LogP contribution in [0.4, 0.5) is 0 Å². The maximum Gasteiger partial charge on any atom is 0.0623 e. The van der Waals surface area contributed by atoms with Crippen LogP contribution in [-0.2, 0) is 4.74 Å². The van der Waals surface area contributed by atoms with Crippen molar-refractivity contribution in [1.82, 2.24) is 0 Å². The Hall–Kier alpha value is -0.0800. The van der Waals surface area contributed by atoms with E-state index in [2.05, 4.69) is 34.6 Å². The molecule has 0 aliphatic rings. The molecule has 0 aromatic rings. The van der Waals surface area contributed by atoms with Gasteiger partial charge in [0.05, 0.1) is 12.7 Å². The van der Waals surface area contributed by atoms with E-state index >= 15 is 0 Å². The minimum atomic E-state index is 0.172. The van der Waals surface area contributed by atoms with E-state index in [0.717, 1.165) is 0 Å². The summed E-state index contributed by atoms with van der Waals surface area (Å²) in [6.07, 6.45) is 0.315. The lowest BCUT2D eigenvalue weighted by Gasteiger charge is -2.21. The van der Waals surface area contributed by atoms with Crippen molar-refractivity contribution >= 4 is 0 Å². The van der Waals surface area contributed by atoms with Gasteiger partial charge in [-0.15, -0.1) is 0 Å². The average Bonchev–Trinajstić information content (AvgIpc) is 1.98. The number of hydrogen-bond donors (Lipinski definition) is 1. The van der Waals surface area contributed by atoms with E-state index in [1.165, 1.54) is 0 Å². The number of nitrogens with two attached hydrogens (primary N) is 1. The molecule has 0 aliphatic heterocycles. The van der Waals surface area contributed by atoms with E-state index in [4.69, 9.17) is 10.5 Å². The molecule has 2 nitrogen and oxygen atoms in total. The third kappa shape index (κ3) is 4.73. The zero-order chi connectivity index (χ0) is 9.72. The quantitative estimate of drug-likeness (QED) is 0.690. The maximum absolute atomic E-state index is 5.84. The molecule has 2 N–H and O–H groups in total. The fourth-order valence-corrected chi connectivity index (χ4v) is 0.648. The summed E-state index contributed by atoms with van der Waals surface area (Å²) in [5.41, 5.74) is 5.84. The van der Waals surface area contributed by atoms with Gasteiger partial charge in [0.2, 0.25) is 0 Å². The molecule has 0 radical (unpaired) electrons. The predicted octanol–water partition coefficient (Wildman–Crippen LogP) is 2.03. The van der Waals surface area contributed by atoms with Crippen LogP contribution in [0.3, 0.4) is 0 Å². The highest BCUT2D eigenvalue weighted by atomic mass is 16.5. The highest BCUT2D eigenvalue weighted by Gasteiger charge is 2.12. The van der Waals surface area contributed by atoms with Crippen molar-refractivity contribution in [2.45, 2.75) is 46.8 Å². The normalized spacial score (nSPS) is 17.0. The predicted molar refractivity (Wildman–Crippen MR) is 53.1 cm³/mol. The zero-order valence-corrected chi connectivity index (χ0v) is 9.00. The Labute approximate surface area is 76.5 Å². The van der Waals surface area contributed by atoms with Gasteiger partial charge in [0, 0.05) is 6.04 Å². The Kier molecular flexibility index (Phi) is 5.51.